The summed E-state index contributed by atoms with van der Waals surface area (Å²) in [5.74, 6) is -0.296. The average molecular weight is 267 g/mol. The number of aliphatic hydroxyl groups is 1. The van der Waals surface area contributed by atoms with Crippen molar-refractivity contribution in [3.8, 4) is 0 Å². The van der Waals surface area contributed by atoms with Crippen molar-refractivity contribution in [2.24, 2.45) is 0 Å². The Bertz CT molecular complexity index is 548. The lowest BCUT2D eigenvalue weighted by atomic mass is 10.2. The fourth-order valence-corrected chi connectivity index (χ4v) is 1.87. The minimum Gasteiger partial charge on any atom is -0.394 e. The minimum absolute atomic E-state index is 0.0398. The first-order valence-electron chi connectivity index (χ1n) is 6.24. The molecule has 104 valence electrons. The number of hydrogen-bond acceptors (Lipinski definition) is 4. The lowest BCUT2D eigenvalue weighted by Gasteiger charge is -2.02. The van der Waals surface area contributed by atoms with Crippen molar-refractivity contribution in [3.05, 3.63) is 29.6 Å². The molecule has 0 atom stereocenters. The zero-order valence-electron chi connectivity index (χ0n) is 11.1. The number of aryl methyl sites for hydroxylation is 2. The van der Waals surface area contributed by atoms with E-state index in [1.807, 2.05) is 6.92 Å². The third-order valence-corrected chi connectivity index (χ3v) is 2.91. The van der Waals surface area contributed by atoms with Gasteiger partial charge < -0.3 is 10.4 Å². The minimum atomic E-state index is -0.296. The van der Waals surface area contributed by atoms with E-state index < -0.39 is 0 Å². The Kier molecular flexibility index (Phi) is 4.16. The Morgan fingerprint density at radius 1 is 1.47 bits per heavy atom. The first-order chi connectivity index (χ1) is 9.15. The topological polar surface area (TPSA) is 67.9 Å². The van der Waals surface area contributed by atoms with Crippen molar-refractivity contribution in [2.75, 3.05) is 11.9 Å². The van der Waals surface area contributed by atoms with Gasteiger partial charge in [-0.15, -0.1) is 0 Å². The van der Waals surface area contributed by atoms with Crippen molar-refractivity contribution < 1.29 is 9.50 Å². The van der Waals surface area contributed by atoms with Crippen LogP contribution in [0.5, 0.6) is 0 Å². The summed E-state index contributed by atoms with van der Waals surface area (Å²) in [4.78, 5) is 0. The zero-order chi connectivity index (χ0) is 13.8. The Labute approximate surface area is 110 Å². The highest BCUT2D eigenvalue weighted by Gasteiger charge is 2.13. The molecule has 19 heavy (non-hydrogen) atoms. The van der Waals surface area contributed by atoms with Gasteiger partial charge in [-0.1, -0.05) is 0 Å². The zero-order valence-corrected chi connectivity index (χ0v) is 11.1. The van der Waals surface area contributed by atoms with E-state index in [4.69, 9.17) is 5.11 Å². The molecule has 2 aromatic heterocycles. The molecule has 2 heterocycles. The van der Waals surface area contributed by atoms with Crippen LogP contribution >= 0.6 is 0 Å². The second-order valence-corrected chi connectivity index (χ2v) is 4.24. The molecule has 0 fully saturated rings. The fraction of sp³-hybridized carbons (Fsp3) is 0.500. The van der Waals surface area contributed by atoms with Crippen LogP contribution < -0.4 is 5.32 Å². The van der Waals surface area contributed by atoms with Crippen molar-refractivity contribution in [3.63, 3.8) is 0 Å². The van der Waals surface area contributed by atoms with Gasteiger partial charge in [0, 0.05) is 24.8 Å². The molecule has 0 aliphatic carbocycles. The summed E-state index contributed by atoms with van der Waals surface area (Å²) in [5, 5.41) is 20.1. The van der Waals surface area contributed by atoms with Crippen molar-refractivity contribution in [1.29, 1.82) is 0 Å². The van der Waals surface area contributed by atoms with Gasteiger partial charge in [0.2, 0.25) is 5.95 Å². The number of anilines is 1. The summed E-state index contributed by atoms with van der Waals surface area (Å²) >= 11 is 0. The van der Waals surface area contributed by atoms with Crippen LogP contribution in [0.1, 0.15) is 18.2 Å². The molecular formula is C12H18FN5O. The number of hydrogen-bond donors (Lipinski definition) is 2. The highest BCUT2D eigenvalue weighted by Crippen LogP contribution is 2.14. The molecule has 0 saturated carbocycles. The second kappa shape index (κ2) is 5.83. The number of halogens is 1. The average Bonchev–Trinajstić information content (AvgIpc) is 2.93. The van der Waals surface area contributed by atoms with Gasteiger partial charge in [-0.2, -0.15) is 14.6 Å². The SMILES string of the molecule is CCn1nc(C)c(CNc2cnn(CCO)c2)c1F. The normalized spacial score (nSPS) is 10.9. The van der Waals surface area contributed by atoms with Gasteiger partial charge in [0.1, 0.15) is 0 Å². The van der Waals surface area contributed by atoms with Crippen LogP contribution in [-0.2, 0) is 19.6 Å². The number of nitrogens with zero attached hydrogens (tertiary/aromatic N) is 4. The highest BCUT2D eigenvalue weighted by molar-refractivity contribution is 5.39. The summed E-state index contributed by atoms with van der Waals surface area (Å²) in [6.07, 6.45) is 3.42. The van der Waals surface area contributed by atoms with Crippen LogP contribution in [0.15, 0.2) is 12.4 Å². The predicted octanol–water partition coefficient (Wildman–Crippen LogP) is 1.15. The summed E-state index contributed by atoms with van der Waals surface area (Å²) in [5.41, 5.74) is 2.04. The molecule has 0 aliphatic rings. The van der Waals surface area contributed by atoms with Crippen LogP contribution in [0.2, 0.25) is 0 Å². The van der Waals surface area contributed by atoms with Crippen molar-refractivity contribution in [2.45, 2.75) is 33.5 Å². The first kappa shape index (κ1) is 13.5. The van der Waals surface area contributed by atoms with Crippen LogP contribution in [0, 0.1) is 12.9 Å². The van der Waals surface area contributed by atoms with Crippen LogP contribution in [0.3, 0.4) is 0 Å². The van der Waals surface area contributed by atoms with E-state index in [0.717, 1.165) is 5.69 Å². The Morgan fingerprint density at radius 3 is 2.89 bits per heavy atom. The molecule has 7 heteroatoms. The van der Waals surface area contributed by atoms with Gasteiger partial charge in [-0.05, 0) is 13.8 Å². The molecule has 6 nitrogen and oxygen atoms in total. The van der Waals surface area contributed by atoms with Crippen LogP contribution in [0.25, 0.3) is 0 Å². The lowest BCUT2D eigenvalue weighted by molar-refractivity contribution is 0.269. The Hall–Kier alpha value is -1.89. The largest absolute Gasteiger partial charge is 0.394 e. The maximum Gasteiger partial charge on any atom is 0.216 e. The smallest absolute Gasteiger partial charge is 0.216 e. The number of rotatable bonds is 6. The Balaban J connectivity index is 2.03. The lowest BCUT2D eigenvalue weighted by Crippen LogP contribution is -2.04. The fourth-order valence-electron chi connectivity index (χ4n) is 1.87. The number of aromatic nitrogens is 4. The van der Waals surface area contributed by atoms with Gasteiger partial charge in [-0.3, -0.25) is 4.68 Å². The van der Waals surface area contributed by atoms with E-state index in [0.29, 0.717) is 30.9 Å². The number of nitrogens with one attached hydrogen (secondary N) is 1. The maximum absolute atomic E-state index is 13.9. The Morgan fingerprint density at radius 2 is 2.26 bits per heavy atom. The van der Waals surface area contributed by atoms with Gasteiger partial charge in [0.25, 0.3) is 0 Å². The van der Waals surface area contributed by atoms with Gasteiger partial charge in [0.15, 0.2) is 0 Å². The van der Waals surface area contributed by atoms with E-state index in [9.17, 15) is 4.39 Å². The van der Waals surface area contributed by atoms with Crippen molar-refractivity contribution in [1.82, 2.24) is 19.6 Å². The van der Waals surface area contributed by atoms with E-state index in [-0.39, 0.29) is 12.6 Å². The van der Waals surface area contributed by atoms with E-state index in [1.54, 1.807) is 24.0 Å². The quantitative estimate of drug-likeness (QED) is 0.824. The second-order valence-electron chi connectivity index (χ2n) is 4.24. The van der Waals surface area contributed by atoms with Gasteiger partial charge >= 0.3 is 0 Å². The molecule has 2 N–H and O–H groups in total. The molecule has 0 saturated heterocycles. The molecule has 0 aromatic carbocycles. The standard InChI is InChI=1S/C12H18FN5O/c1-3-18-12(13)11(9(2)16-18)7-14-10-6-15-17(8-10)4-5-19/h6,8,14,19H,3-5,7H2,1-2H3. The van der Waals surface area contributed by atoms with Gasteiger partial charge in [-0.25, -0.2) is 4.68 Å². The number of aliphatic hydroxyl groups excluding tert-OH is 1. The van der Waals surface area contributed by atoms with Crippen molar-refractivity contribution >= 4 is 5.69 Å². The molecule has 2 rings (SSSR count). The summed E-state index contributed by atoms with van der Waals surface area (Å²) in [6.45, 7) is 5.01. The molecule has 0 bridgehead atoms. The van der Waals surface area contributed by atoms with Crippen LogP contribution in [0.4, 0.5) is 10.1 Å². The molecule has 0 amide bonds. The monoisotopic (exact) mass is 267 g/mol. The van der Waals surface area contributed by atoms with Crippen LogP contribution in [-0.4, -0.2) is 31.3 Å². The molecule has 0 unspecified atom stereocenters. The predicted molar refractivity (Wildman–Crippen MR) is 69.2 cm³/mol. The summed E-state index contributed by atoms with van der Waals surface area (Å²) in [7, 11) is 0. The first-order valence-corrected chi connectivity index (χ1v) is 6.24. The van der Waals surface area contributed by atoms with E-state index in [2.05, 4.69) is 15.5 Å². The van der Waals surface area contributed by atoms with E-state index >= 15 is 0 Å². The molecule has 0 radical (unpaired) electrons. The third-order valence-electron chi connectivity index (χ3n) is 2.91. The summed E-state index contributed by atoms with van der Waals surface area (Å²) in [6, 6.07) is 0. The molecule has 0 aliphatic heterocycles. The molecule has 2 aromatic rings. The van der Waals surface area contributed by atoms with Gasteiger partial charge in [0.05, 0.1) is 30.7 Å². The third kappa shape index (κ3) is 2.93. The highest BCUT2D eigenvalue weighted by atomic mass is 19.1. The maximum atomic E-state index is 13.9. The molecule has 0 spiro atoms. The molecular weight excluding hydrogens is 249 g/mol. The van der Waals surface area contributed by atoms with E-state index in [1.165, 1.54) is 4.68 Å². The summed E-state index contributed by atoms with van der Waals surface area (Å²) < 4.78 is 16.9.